The molecule has 326 valence electrons. The Bertz CT molecular complexity index is 3560. The first kappa shape index (κ1) is 43.1. The molecule has 0 unspecified atom stereocenters. The van der Waals surface area contributed by atoms with Gasteiger partial charge in [0.25, 0.3) is 0 Å². The third-order valence-corrected chi connectivity index (χ3v) is 13.0. The predicted molar refractivity (Wildman–Crippen MR) is 271 cm³/mol. The van der Waals surface area contributed by atoms with Crippen molar-refractivity contribution in [1.82, 2.24) is 23.9 Å². The first-order valence-electron chi connectivity index (χ1n) is 22.8. The second kappa shape index (κ2) is 16.9. The van der Waals surface area contributed by atoms with Crippen LogP contribution in [0.1, 0.15) is 77.0 Å². The number of rotatable bonds is 8. The fourth-order valence-electron chi connectivity index (χ4n) is 9.84. The first-order chi connectivity index (χ1) is 31.6. The molecule has 0 radical (unpaired) electrons. The van der Waals surface area contributed by atoms with Gasteiger partial charge in [0.1, 0.15) is 11.5 Å². The summed E-state index contributed by atoms with van der Waals surface area (Å²) in [5.41, 5.74) is 16.3. The van der Waals surface area contributed by atoms with E-state index in [1.807, 2.05) is 6.20 Å². The van der Waals surface area contributed by atoms with E-state index >= 15 is 0 Å². The van der Waals surface area contributed by atoms with Crippen LogP contribution in [-0.2, 0) is 26.5 Å². The van der Waals surface area contributed by atoms with Crippen LogP contribution in [0.15, 0.2) is 170 Å². The number of hydrogen-bond acceptors (Lipinski definition) is 2. The van der Waals surface area contributed by atoms with Gasteiger partial charge in [0.05, 0.1) is 5.69 Å². The van der Waals surface area contributed by atoms with Crippen molar-refractivity contribution >= 4 is 43.6 Å². The molecule has 0 fully saturated rings. The van der Waals surface area contributed by atoms with E-state index in [1.54, 1.807) is 0 Å². The van der Waals surface area contributed by atoms with Crippen molar-refractivity contribution in [3.63, 3.8) is 0 Å². The Morgan fingerprint density at radius 3 is 1.64 bits per heavy atom. The van der Waals surface area contributed by atoms with E-state index in [0.29, 0.717) is 11.8 Å². The Hall–Kier alpha value is -6.81. The molecule has 66 heavy (non-hydrogen) atoms. The molecule has 4 aromatic heterocycles. The molecule has 0 N–H and O–H groups in total. The van der Waals surface area contributed by atoms with Gasteiger partial charge in [-0.1, -0.05) is 180 Å². The minimum absolute atomic E-state index is 0. The number of aromatic nitrogens is 5. The molecule has 0 aliphatic rings. The minimum Gasteiger partial charge on any atom is -0.358 e. The maximum absolute atomic E-state index is 5.66. The summed E-state index contributed by atoms with van der Waals surface area (Å²) < 4.78 is 6.74. The zero-order chi connectivity index (χ0) is 44.6. The van der Waals surface area contributed by atoms with Crippen LogP contribution in [0.2, 0.25) is 0 Å². The summed E-state index contributed by atoms with van der Waals surface area (Å²) in [5, 5.41) is 10.2. The number of hydrogen-bond donors (Lipinski definition) is 0. The van der Waals surface area contributed by atoms with Gasteiger partial charge in [-0.05, 0) is 80.2 Å². The largest absolute Gasteiger partial charge is 2.00 e. The molecule has 0 aliphatic carbocycles. The van der Waals surface area contributed by atoms with Gasteiger partial charge < -0.3 is 9.13 Å². The van der Waals surface area contributed by atoms with Gasteiger partial charge in [-0.15, -0.1) is 35.0 Å². The van der Waals surface area contributed by atoms with E-state index in [0.717, 1.165) is 83.5 Å². The number of fused-ring (bicyclic) bond motifs is 6. The van der Waals surface area contributed by atoms with Crippen LogP contribution in [-0.4, -0.2) is 23.9 Å². The van der Waals surface area contributed by atoms with Gasteiger partial charge in [-0.3, -0.25) is 4.68 Å². The standard InChI is InChI=1S/C60H51N5.Pt/c1-38(2)45-25-18-26-46(39(3)4)56(45)57-58(40-19-10-8-11-20-40)62-65(59(57)41-21-12-9-13-22-41)44-30-32-49-47-23-14-16-27-51(47)63(53(49)37-44)43-29-31-50-48-24-15-17-28-52(48)64(54(50)36-43)55-35-42(33-34-61-55)60(5,6)7;/h8-35,38-39H,1-7H3;/q-2;+2. The van der Waals surface area contributed by atoms with Crippen LogP contribution in [0.3, 0.4) is 0 Å². The molecular formula is C60H51N5Pt. The van der Waals surface area contributed by atoms with Crippen molar-refractivity contribution in [3.8, 4) is 50.8 Å². The molecule has 0 saturated heterocycles. The number of para-hydroxylation sites is 2. The minimum atomic E-state index is -0.0338. The van der Waals surface area contributed by atoms with Crippen LogP contribution in [0.25, 0.3) is 94.4 Å². The summed E-state index contributed by atoms with van der Waals surface area (Å²) in [6.07, 6.45) is 1.93. The molecule has 6 heteroatoms. The Kier molecular flexibility index (Phi) is 11.0. The van der Waals surface area contributed by atoms with Crippen molar-refractivity contribution < 1.29 is 21.1 Å². The van der Waals surface area contributed by atoms with Gasteiger partial charge in [0, 0.05) is 33.9 Å². The van der Waals surface area contributed by atoms with Crippen molar-refractivity contribution in [2.24, 2.45) is 0 Å². The summed E-state index contributed by atoms with van der Waals surface area (Å²) >= 11 is 0. The fourth-order valence-corrected chi connectivity index (χ4v) is 9.84. The molecule has 5 nitrogen and oxygen atoms in total. The Labute approximate surface area is 401 Å². The van der Waals surface area contributed by atoms with Gasteiger partial charge in [0.2, 0.25) is 0 Å². The number of benzene rings is 7. The zero-order valence-corrected chi connectivity index (χ0v) is 40.6. The zero-order valence-electron chi connectivity index (χ0n) is 38.4. The summed E-state index contributed by atoms with van der Waals surface area (Å²) in [6.45, 7) is 15.9. The molecule has 11 aromatic rings. The third-order valence-electron chi connectivity index (χ3n) is 13.0. The number of nitrogens with zero attached hydrogens (tertiary/aromatic N) is 5. The molecule has 0 saturated carbocycles. The summed E-state index contributed by atoms with van der Waals surface area (Å²) in [7, 11) is 0. The Morgan fingerprint density at radius 1 is 0.500 bits per heavy atom. The monoisotopic (exact) mass is 1040 g/mol. The third kappa shape index (κ3) is 7.12. The molecule has 0 amide bonds. The second-order valence-electron chi connectivity index (χ2n) is 18.9. The van der Waals surface area contributed by atoms with Crippen LogP contribution in [0, 0.1) is 12.1 Å². The topological polar surface area (TPSA) is 40.6 Å². The van der Waals surface area contributed by atoms with Gasteiger partial charge in [-0.25, -0.2) is 4.98 Å². The molecular weight excluding hydrogens is 986 g/mol. The summed E-state index contributed by atoms with van der Waals surface area (Å²) in [4.78, 5) is 4.97. The first-order valence-corrected chi connectivity index (χ1v) is 22.8. The number of pyridine rings is 1. The van der Waals surface area contributed by atoms with Crippen molar-refractivity contribution in [2.45, 2.75) is 65.7 Å². The summed E-state index contributed by atoms with van der Waals surface area (Å²) in [6, 6.07) is 66.7. The van der Waals surface area contributed by atoms with Crippen LogP contribution >= 0.6 is 0 Å². The van der Waals surface area contributed by atoms with Gasteiger partial charge >= 0.3 is 21.1 Å². The van der Waals surface area contributed by atoms with Gasteiger partial charge in [0.15, 0.2) is 0 Å². The van der Waals surface area contributed by atoms with Gasteiger partial charge in [-0.2, -0.15) is 17.2 Å². The van der Waals surface area contributed by atoms with E-state index in [4.69, 9.17) is 10.1 Å². The molecule has 0 aliphatic heterocycles. The van der Waals surface area contributed by atoms with Crippen molar-refractivity contribution in [2.75, 3.05) is 0 Å². The maximum atomic E-state index is 5.66. The van der Waals surface area contributed by atoms with E-state index in [9.17, 15) is 0 Å². The molecule has 0 spiro atoms. The van der Waals surface area contributed by atoms with Crippen LogP contribution < -0.4 is 0 Å². The van der Waals surface area contributed by atoms with Crippen LogP contribution in [0.4, 0.5) is 0 Å². The normalized spacial score (nSPS) is 12.0. The SMILES string of the molecule is CC(C)c1cccc(C(C)C)c1-c1c(-c2ccccc2)nn(-c2[c-]c3c(cc2)c2ccccc2n3-c2[c-]c3c(cc2)c2ccccc2n3-c2cc(C(C)(C)C)ccn2)c1-c1ccccc1.[Pt+2]. The van der Waals surface area contributed by atoms with Crippen LogP contribution in [0.5, 0.6) is 0 Å². The van der Waals surface area contributed by atoms with Crippen molar-refractivity contribution in [3.05, 3.63) is 199 Å². The maximum Gasteiger partial charge on any atom is 2.00 e. The molecule has 7 aromatic carbocycles. The average Bonchev–Trinajstić information content (AvgIpc) is 3.99. The van der Waals surface area contributed by atoms with E-state index in [2.05, 4.69) is 238 Å². The van der Waals surface area contributed by atoms with Crippen molar-refractivity contribution in [1.29, 1.82) is 0 Å². The molecule has 4 heterocycles. The molecule has 0 atom stereocenters. The molecule has 0 bridgehead atoms. The van der Waals surface area contributed by atoms with E-state index in [1.165, 1.54) is 27.6 Å². The Morgan fingerprint density at radius 2 is 1.03 bits per heavy atom. The average molecular weight is 1040 g/mol. The quantitative estimate of drug-likeness (QED) is 0.142. The predicted octanol–water partition coefficient (Wildman–Crippen LogP) is 15.6. The summed E-state index contributed by atoms with van der Waals surface area (Å²) in [5.74, 6) is 1.47. The van der Waals surface area contributed by atoms with E-state index < -0.39 is 0 Å². The second-order valence-corrected chi connectivity index (χ2v) is 18.9. The Balaban J connectivity index is 0.00000511. The fraction of sp³-hybridized carbons (Fsp3) is 0.167. The molecule has 11 rings (SSSR count). The van der Waals surface area contributed by atoms with E-state index in [-0.39, 0.29) is 26.5 Å². The smallest absolute Gasteiger partial charge is 0.358 e.